The van der Waals surface area contributed by atoms with Crippen LogP contribution in [0, 0.1) is 35.5 Å². The molecule has 120 valence electrons. The fourth-order valence-corrected chi connectivity index (χ4v) is 4.62. The summed E-state index contributed by atoms with van der Waals surface area (Å²) in [5.41, 5.74) is 0. The van der Waals surface area contributed by atoms with Crippen LogP contribution in [0.1, 0.15) is 46.5 Å². The lowest BCUT2D eigenvalue weighted by molar-refractivity contribution is -0.122. The molecule has 3 heteroatoms. The number of rotatable bonds is 7. The first-order valence-electron chi connectivity index (χ1n) is 8.66. The first-order chi connectivity index (χ1) is 10.0. The summed E-state index contributed by atoms with van der Waals surface area (Å²) in [5, 5.41) is 10.0. The van der Waals surface area contributed by atoms with Crippen molar-refractivity contribution in [2.75, 3.05) is 6.61 Å². The van der Waals surface area contributed by atoms with E-state index in [0.29, 0.717) is 30.3 Å². The van der Waals surface area contributed by atoms with Gasteiger partial charge in [-0.3, -0.25) is 0 Å². The van der Waals surface area contributed by atoms with E-state index in [2.05, 4.69) is 27.4 Å². The third-order valence-electron chi connectivity index (χ3n) is 5.79. The summed E-state index contributed by atoms with van der Waals surface area (Å²) in [6.45, 7) is 11.4. The SMILES string of the molecule is C=C(OCC1OC(O)C2CC3CC3C12)C(CC)CC(C)C. The number of aliphatic hydroxyl groups is 1. The summed E-state index contributed by atoms with van der Waals surface area (Å²) in [7, 11) is 0. The number of hydrogen-bond donors (Lipinski definition) is 1. The third-order valence-corrected chi connectivity index (χ3v) is 5.79. The van der Waals surface area contributed by atoms with Gasteiger partial charge in [-0.2, -0.15) is 0 Å². The molecule has 1 aliphatic heterocycles. The van der Waals surface area contributed by atoms with Crippen molar-refractivity contribution in [2.24, 2.45) is 35.5 Å². The smallest absolute Gasteiger partial charge is 0.158 e. The Hall–Kier alpha value is -0.540. The highest BCUT2D eigenvalue weighted by Gasteiger charge is 2.61. The molecule has 0 spiro atoms. The number of ether oxygens (including phenoxy) is 2. The van der Waals surface area contributed by atoms with Gasteiger partial charge in [0.25, 0.3) is 0 Å². The van der Waals surface area contributed by atoms with Gasteiger partial charge in [0.05, 0.1) is 11.9 Å². The fourth-order valence-electron chi connectivity index (χ4n) is 4.62. The van der Waals surface area contributed by atoms with E-state index in [0.717, 1.165) is 36.9 Å². The van der Waals surface area contributed by atoms with E-state index in [1.807, 2.05) is 0 Å². The van der Waals surface area contributed by atoms with E-state index in [1.54, 1.807) is 0 Å². The van der Waals surface area contributed by atoms with Crippen molar-refractivity contribution in [1.29, 1.82) is 0 Å². The molecule has 7 atom stereocenters. The molecular formula is C18H30O3. The third kappa shape index (κ3) is 3.00. The average Bonchev–Trinajstić information content (AvgIpc) is 2.99. The lowest BCUT2D eigenvalue weighted by atomic mass is 9.89. The zero-order valence-corrected chi connectivity index (χ0v) is 13.6. The minimum atomic E-state index is -0.567. The molecule has 2 saturated carbocycles. The Morgan fingerprint density at radius 3 is 2.71 bits per heavy atom. The molecule has 0 aromatic carbocycles. The standard InChI is InChI=1S/C18H30O3/c1-5-12(6-10(2)3)11(4)20-9-16-17-14-7-13(14)8-15(17)18(19)21-16/h10,12-19H,4-9H2,1-3H3. The molecule has 0 aromatic rings. The molecule has 1 saturated heterocycles. The van der Waals surface area contributed by atoms with Crippen molar-refractivity contribution in [3.05, 3.63) is 12.3 Å². The molecule has 7 unspecified atom stereocenters. The highest BCUT2D eigenvalue weighted by atomic mass is 16.6. The van der Waals surface area contributed by atoms with Crippen LogP contribution in [0.2, 0.25) is 0 Å². The summed E-state index contributed by atoms with van der Waals surface area (Å²) >= 11 is 0. The Bertz CT molecular complexity index is 392. The van der Waals surface area contributed by atoms with E-state index in [1.165, 1.54) is 6.42 Å². The Kier molecular flexibility index (Phi) is 4.33. The number of hydrogen-bond acceptors (Lipinski definition) is 3. The van der Waals surface area contributed by atoms with E-state index in [-0.39, 0.29) is 6.10 Å². The number of fused-ring (bicyclic) bond motifs is 3. The predicted molar refractivity (Wildman–Crippen MR) is 82.4 cm³/mol. The van der Waals surface area contributed by atoms with Gasteiger partial charge in [-0.15, -0.1) is 0 Å². The molecule has 1 heterocycles. The van der Waals surface area contributed by atoms with Crippen LogP contribution in [0.5, 0.6) is 0 Å². The van der Waals surface area contributed by atoms with Gasteiger partial charge in [0.2, 0.25) is 0 Å². The molecule has 0 amide bonds. The van der Waals surface area contributed by atoms with Gasteiger partial charge in [-0.1, -0.05) is 27.4 Å². The summed E-state index contributed by atoms with van der Waals surface area (Å²) in [5.74, 6) is 4.50. The molecule has 21 heavy (non-hydrogen) atoms. The molecule has 0 aromatic heterocycles. The van der Waals surface area contributed by atoms with Crippen molar-refractivity contribution in [2.45, 2.75) is 58.8 Å². The average molecular weight is 294 g/mol. The van der Waals surface area contributed by atoms with Gasteiger partial charge in [0.15, 0.2) is 6.29 Å². The van der Waals surface area contributed by atoms with Crippen LogP contribution in [0.4, 0.5) is 0 Å². The van der Waals surface area contributed by atoms with Gasteiger partial charge >= 0.3 is 0 Å². The van der Waals surface area contributed by atoms with Crippen LogP contribution in [0.3, 0.4) is 0 Å². The lowest BCUT2D eigenvalue weighted by Crippen LogP contribution is -2.26. The number of allylic oxidation sites excluding steroid dienone is 1. The highest BCUT2D eigenvalue weighted by molar-refractivity contribution is 5.08. The summed E-state index contributed by atoms with van der Waals surface area (Å²) in [6.07, 6.45) is 4.18. The minimum Gasteiger partial charge on any atom is -0.496 e. The predicted octanol–water partition coefficient (Wildman–Crippen LogP) is 3.58. The Balaban J connectivity index is 1.51. The van der Waals surface area contributed by atoms with Gasteiger partial charge in [-0.25, -0.2) is 0 Å². The van der Waals surface area contributed by atoms with Gasteiger partial charge in [0, 0.05) is 11.8 Å². The maximum Gasteiger partial charge on any atom is 0.158 e. The normalized spacial score (nSPS) is 41.8. The summed E-state index contributed by atoms with van der Waals surface area (Å²) in [6, 6.07) is 0. The first-order valence-corrected chi connectivity index (χ1v) is 8.66. The molecule has 1 N–H and O–H groups in total. The molecule has 0 radical (unpaired) electrons. The zero-order chi connectivity index (χ0) is 15.1. The molecule has 2 aliphatic carbocycles. The molecule has 0 bridgehead atoms. The largest absolute Gasteiger partial charge is 0.496 e. The molecule has 3 aliphatic rings. The van der Waals surface area contributed by atoms with Crippen molar-refractivity contribution in [3.63, 3.8) is 0 Å². The molecule has 3 rings (SSSR count). The van der Waals surface area contributed by atoms with Gasteiger partial charge in [0.1, 0.15) is 6.61 Å². The second kappa shape index (κ2) is 5.92. The van der Waals surface area contributed by atoms with E-state index < -0.39 is 6.29 Å². The van der Waals surface area contributed by atoms with E-state index >= 15 is 0 Å². The highest BCUT2D eigenvalue weighted by Crippen LogP contribution is 2.62. The van der Waals surface area contributed by atoms with Crippen LogP contribution in [0.25, 0.3) is 0 Å². The van der Waals surface area contributed by atoms with Crippen LogP contribution in [-0.4, -0.2) is 24.1 Å². The van der Waals surface area contributed by atoms with E-state index in [9.17, 15) is 5.11 Å². The quantitative estimate of drug-likeness (QED) is 0.729. The molecule has 3 fully saturated rings. The Labute approximate surface area is 128 Å². The first kappa shape index (κ1) is 15.4. The van der Waals surface area contributed by atoms with Crippen LogP contribution >= 0.6 is 0 Å². The lowest BCUT2D eigenvalue weighted by Gasteiger charge is -2.24. The van der Waals surface area contributed by atoms with Crippen molar-refractivity contribution >= 4 is 0 Å². The van der Waals surface area contributed by atoms with Crippen molar-refractivity contribution < 1.29 is 14.6 Å². The number of aliphatic hydroxyl groups excluding tert-OH is 1. The van der Waals surface area contributed by atoms with Gasteiger partial charge in [-0.05, 0) is 49.4 Å². The van der Waals surface area contributed by atoms with Crippen molar-refractivity contribution in [1.82, 2.24) is 0 Å². The molecule has 3 nitrogen and oxygen atoms in total. The van der Waals surface area contributed by atoms with Crippen molar-refractivity contribution in [3.8, 4) is 0 Å². The van der Waals surface area contributed by atoms with Crippen LogP contribution < -0.4 is 0 Å². The van der Waals surface area contributed by atoms with Crippen LogP contribution in [0.15, 0.2) is 12.3 Å². The zero-order valence-electron chi connectivity index (χ0n) is 13.6. The maximum atomic E-state index is 10.0. The summed E-state index contributed by atoms with van der Waals surface area (Å²) < 4.78 is 11.7. The van der Waals surface area contributed by atoms with Crippen LogP contribution in [-0.2, 0) is 9.47 Å². The van der Waals surface area contributed by atoms with Gasteiger partial charge < -0.3 is 14.6 Å². The minimum absolute atomic E-state index is 0.0656. The Morgan fingerprint density at radius 2 is 2.05 bits per heavy atom. The Morgan fingerprint density at radius 1 is 1.33 bits per heavy atom. The maximum absolute atomic E-state index is 10.0. The second-order valence-corrected chi connectivity index (χ2v) is 7.71. The summed E-state index contributed by atoms with van der Waals surface area (Å²) in [4.78, 5) is 0. The molecular weight excluding hydrogens is 264 g/mol. The second-order valence-electron chi connectivity index (χ2n) is 7.71. The van der Waals surface area contributed by atoms with E-state index in [4.69, 9.17) is 9.47 Å². The topological polar surface area (TPSA) is 38.7 Å². The fraction of sp³-hybridized carbons (Fsp3) is 0.889. The monoisotopic (exact) mass is 294 g/mol.